The van der Waals surface area contributed by atoms with Crippen molar-refractivity contribution in [2.45, 2.75) is 13.0 Å². The summed E-state index contributed by atoms with van der Waals surface area (Å²) < 4.78 is 15.9. The molecular formula is C16H13ClO4. The van der Waals surface area contributed by atoms with Gasteiger partial charge in [0.05, 0.1) is 5.56 Å². The van der Waals surface area contributed by atoms with Gasteiger partial charge in [-0.05, 0) is 31.2 Å². The van der Waals surface area contributed by atoms with Crippen LogP contribution >= 0.6 is 11.6 Å². The average Bonchev–Trinajstić information content (AvgIpc) is 2.94. The van der Waals surface area contributed by atoms with Crippen LogP contribution in [0.4, 0.5) is 0 Å². The number of hydrogen-bond donors (Lipinski definition) is 0. The molecule has 0 fully saturated rings. The summed E-state index contributed by atoms with van der Waals surface area (Å²) in [6, 6.07) is 12.2. The van der Waals surface area contributed by atoms with Crippen molar-refractivity contribution in [2.24, 2.45) is 0 Å². The summed E-state index contributed by atoms with van der Waals surface area (Å²) in [5.74, 6) is 0.751. The molecule has 5 heteroatoms. The molecule has 0 saturated heterocycles. The van der Waals surface area contributed by atoms with Gasteiger partial charge >= 0.3 is 5.97 Å². The summed E-state index contributed by atoms with van der Waals surface area (Å²) in [5.41, 5.74) is 1.19. The van der Waals surface area contributed by atoms with Gasteiger partial charge in [-0.2, -0.15) is 0 Å². The molecule has 1 atom stereocenters. The molecule has 1 aliphatic rings. The molecule has 4 nitrogen and oxygen atoms in total. The molecule has 1 heterocycles. The van der Waals surface area contributed by atoms with Crippen LogP contribution in [0.3, 0.4) is 0 Å². The molecule has 0 N–H and O–H groups in total. The first-order valence-electron chi connectivity index (χ1n) is 6.50. The SMILES string of the molecule is C[C@H](OC(=O)c1ccc2c(c1)OCO2)c1ccccc1Cl. The van der Waals surface area contributed by atoms with E-state index >= 15 is 0 Å². The van der Waals surface area contributed by atoms with Crippen LogP contribution in [0.1, 0.15) is 28.9 Å². The fraction of sp³-hybridized carbons (Fsp3) is 0.188. The van der Waals surface area contributed by atoms with Crippen molar-refractivity contribution in [3.8, 4) is 11.5 Å². The van der Waals surface area contributed by atoms with Crippen molar-refractivity contribution in [3.63, 3.8) is 0 Å². The molecule has 0 radical (unpaired) electrons. The van der Waals surface area contributed by atoms with Crippen molar-refractivity contribution in [3.05, 3.63) is 58.6 Å². The molecule has 108 valence electrons. The Morgan fingerprint density at radius 1 is 1.19 bits per heavy atom. The van der Waals surface area contributed by atoms with Crippen molar-refractivity contribution < 1.29 is 19.0 Å². The van der Waals surface area contributed by atoms with E-state index < -0.39 is 12.1 Å². The molecule has 2 aromatic carbocycles. The van der Waals surface area contributed by atoms with Crippen LogP contribution in [-0.4, -0.2) is 12.8 Å². The number of ether oxygens (including phenoxy) is 3. The zero-order chi connectivity index (χ0) is 14.8. The van der Waals surface area contributed by atoms with Gasteiger partial charge in [0.15, 0.2) is 11.5 Å². The van der Waals surface area contributed by atoms with E-state index in [1.165, 1.54) is 0 Å². The molecule has 0 bridgehead atoms. The maximum atomic E-state index is 12.2. The number of carbonyl (C=O) groups excluding carboxylic acids is 1. The molecule has 0 saturated carbocycles. The molecule has 2 aromatic rings. The first-order valence-corrected chi connectivity index (χ1v) is 6.88. The summed E-state index contributed by atoms with van der Waals surface area (Å²) in [7, 11) is 0. The largest absolute Gasteiger partial charge is 0.454 e. The quantitative estimate of drug-likeness (QED) is 0.804. The number of benzene rings is 2. The fourth-order valence-corrected chi connectivity index (χ4v) is 2.41. The summed E-state index contributed by atoms with van der Waals surface area (Å²) >= 11 is 6.10. The topological polar surface area (TPSA) is 44.8 Å². The van der Waals surface area contributed by atoms with Crippen LogP contribution in [0.25, 0.3) is 0 Å². The van der Waals surface area contributed by atoms with Crippen LogP contribution < -0.4 is 9.47 Å². The fourth-order valence-electron chi connectivity index (χ4n) is 2.12. The monoisotopic (exact) mass is 304 g/mol. The maximum Gasteiger partial charge on any atom is 0.338 e. The van der Waals surface area contributed by atoms with Gasteiger partial charge in [-0.15, -0.1) is 0 Å². The maximum absolute atomic E-state index is 12.2. The Kier molecular flexibility index (Phi) is 3.71. The zero-order valence-corrected chi connectivity index (χ0v) is 12.1. The highest BCUT2D eigenvalue weighted by molar-refractivity contribution is 6.31. The highest BCUT2D eigenvalue weighted by Crippen LogP contribution is 2.33. The molecule has 0 aliphatic carbocycles. The van der Waals surface area contributed by atoms with Gasteiger partial charge in [0, 0.05) is 10.6 Å². The van der Waals surface area contributed by atoms with E-state index in [9.17, 15) is 4.79 Å². The van der Waals surface area contributed by atoms with Crippen LogP contribution in [0, 0.1) is 0 Å². The summed E-state index contributed by atoms with van der Waals surface area (Å²) in [6.07, 6.45) is -0.434. The second-order valence-electron chi connectivity index (χ2n) is 4.64. The standard InChI is InChI=1S/C16H13ClO4/c1-10(12-4-2-3-5-13(12)17)21-16(18)11-6-7-14-15(8-11)20-9-19-14/h2-8,10H,9H2,1H3/t10-/m0/s1. The molecular weight excluding hydrogens is 292 g/mol. The first-order chi connectivity index (χ1) is 10.1. The number of fused-ring (bicyclic) bond motifs is 1. The minimum absolute atomic E-state index is 0.170. The van der Waals surface area contributed by atoms with E-state index in [2.05, 4.69) is 0 Å². The predicted octanol–water partition coefficient (Wildman–Crippen LogP) is 3.99. The second kappa shape index (κ2) is 5.66. The molecule has 1 aliphatic heterocycles. The summed E-state index contributed by atoms with van der Waals surface area (Å²) in [4.78, 5) is 12.2. The third-order valence-corrected chi connectivity index (χ3v) is 3.58. The molecule has 3 rings (SSSR count). The second-order valence-corrected chi connectivity index (χ2v) is 5.04. The average molecular weight is 305 g/mol. The van der Waals surface area contributed by atoms with E-state index in [0.29, 0.717) is 22.1 Å². The van der Waals surface area contributed by atoms with Crippen LogP contribution in [-0.2, 0) is 4.74 Å². The molecule has 0 unspecified atom stereocenters. The summed E-state index contributed by atoms with van der Waals surface area (Å²) in [5, 5.41) is 0.573. The van der Waals surface area contributed by atoms with Crippen molar-refractivity contribution in [1.82, 2.24) is 0 Å². The van der Waals surface area contributed by atoms with Gasteiger partial charge in [-0.1, -0.05) is 29.8 Å². The Hall–Kier alpha value is -2.20. The van der Waals surface area contributed by atoms with Gasteiger partial charge in [-0.3, -0.25) is 0 Å². The van der Waals surface area contributed by atoms with E-state index in [0.717, 1.165) is 5.56 Å². The number of esters is 1. The third-order valence-electron chi connectivity index (χ3n) is 3.24. The van der Waals surface area contributed by atoms with Gasteiger partial charge in [0.25, 0.3) is 0 Å². The number of carbonyl (C=O) groups is 1. The Balaban J connectivity index is 1.76. The van der Waals surface area contributed by atoms with E-state index in [1.54, 1.807) is 31.2 Å². The lowest BCUT2D eigenvalue weighted by Crippen LogP contribution is -2.09. The predicted molar refractivity (Wildman–Crippen MR) is 77.8 cm³/mol. The normalized spacial score (nSPS) is 13.8. The smallest absolute Gasteiger partial charge is 0.338 e. The van der Waals surface area contributed by atoms with Crippen molar-refractivity contribution >= 4 is 17.6 Å². The number of halogens is 1. The van der Waals surface area contributed by atoms with Gasteiger partial charge in [0.1, 0.15) is 6.10 Å². The summed E-state index contributed by atoms with van der Waals surface area (Å²) in [6.45, 7) is 1.95. The lowest BCUT2D eigenvalue weighted by atomic mass is 10.1. The molecule has 0 aromatic heterocycles. The highest BCUT2D eigenvalue weighted by Gasteiger charge is 2.19. The van der Waals surface area contributed by atoms with E-state index in [4.69, 9.17) is 25.8 Å². The van der Waals surface area contributed by atoms with Crippen LogP contribution in [0.15, 0.2) is 42.5 Å². The van der Waals surface area contributed by atoms with Gasteiger partial charge < -0.3 is 14.2 Å². The van der Waals surface area contributed by atoms with Crippen molar-refractivity contribution in [1.29, 1.82) is 0 Å². The molecule has 0 spiro atoms. The van der Waals surface area contributed by atoms with Gasteiger partial charge in [0.2, 0.25) is 6.79 Å². The highest BCUT2D eigenvalue weighted by atomic mass is 35.5. The lowest BCUT2D eigenvalue weighted by Gasteiger charge is -2.15. The lowest BCUT2D eigenvalue weighted by molar-refractivity contribution is 0.0337. The van der Waals surface area contributed by atoms with E-state index in [-0.39, 0.29) is 6.79 Å². The Bertz CT molecular complexity index is 684. The number of rotatable bonds is 3. The van der Waals surface area contributed by atoms with Crippen molar-refractivity contribution in [2.75, 3.05) is 6.79 Å². The Labute approximate surface area is 127 Å². The van der Waals surface area contributed by atoms with E-state index in [1.807, 2.05) is 18.2 Å². The zero-order valence-electron chi connectivity index (χ0n) is 11.3. The van der Waals surface area contributed by atoms with Crippen LogP contribution in [0.2, 0.25) is 5.02 Å². The minimum atomic E-state index is -0.434. The Morgan fingerprint density at radius 3 is 2.76 bits per heavy atom. The first kappa shape index (κ1) is 13.8. The third kappa shape index (κ3) is 2.81. The number of hydrogen-bond acceptors (Lipinski definition) is 4. The Morgan fingerprint density at radius 2 is 1.95 bits per heavy atom. The molecule has 21 heavy (non-hydrogen) atoms. The van der Waals surface area contributed by atoms with Gasteiger partial charge in [-0.25, -0.2) is 4.79 Å². The molecule has 0 amide bonds. The minimum Gasteiger partial charge on any atom is -0.454 e. The van der Waals surface area contributed by atoms with Crippen LogP contribution in [0.5, 0.6) is 11.5 Å².